The topological polar surface area (TPSA) is 58.6 Å². The zero-order chi connectivity index (χ0) is 17.7. The molecule has 2 aliphatic rings. The van der Waals surface area contributed by atoms with Crippen molar-refractivity contribution in [2.75, 3.05) is 4.90 Å². The van der Waals surface area contributed by atoms with Gasteiger partial charge in [-0.2, -0.15) is 0 Å². The molecule has 2 amide bonds. The second-order valence-electron chi connectivity index (χ2n) is 5.45. The van der Waals surface area contributed by atoms with Gasteiger partial charge in [0, 0.05) is 10.6 Å². The second-order valence-corrected chi connectivity index (χ2v) is 6.67. The Morgan fingerprint density at radius 1 is 1.00 bits per heavy atom. The van der Waals surface area contributed by atoms with Crippen molar-refractivity contribution in [1.29, 1.82) is 0 Å². The van der Waals surface area contributed by atoms with Gasteiger partial charge in [-0.3, -0.25) is 19.9 Å². The van der Waals surface area contributed by atoms with Crippen LogP contribution in [0.1, 0.15) is 5.56 Å². The maximum atomic E-state index is 12.9. The fourth-order valence-electron chi connectivity index (χ4n) is 2.82. The van der Waals surface area contributed by atoms with Crippen LogP contribution in [0.3, 0.4) is 0 Å². The van der Waals surface area contributed by atoms with Crippen LogP contribution >= 0.6 is 34.8 Å². The van der Waals surface area contributed by atoms with Crippen molar-refractivity contribution in [2.45, 2.75) is 6.10 Å². The molecule has 25 heavy (non-hydrogen) atoms. The third kappa shape index (κ3) is 2.51. The summed E-state index contributed by atoms with van der Waals surface area (Å²) in [6.07, 6.45) is -1.03. The van der Waals surface area contributed by atoms with Gasteiger partial charge in [0.15, 0.2) is 6.10 Å². The number of halogens is 3. The van der Waals surface area contributed by atoms with E-state index in [9.17, 15) is 9.59 Å². The fraction of sp³-hybridized carbons (Fsp3) is 0.0588. The smallest absolute Gasteiger partial charge is 0.270 e. The Balaban J connectivity index is 1.82. The van der Waals surface area contributed by atoms with E-state index in [1.54, 1.807) is 42.5 Å². The number of fused-ring (bicyclic) bond motifs is 1. The van der Waals surface area contributed by atoms with Gasteiger partial charge in [-0.15, -0.1) is 0 Å². The van der Waals surface area contributed by atoms with Crippen molar-refractivity contribution in [2.24, 2.45) is 0 Å². The minimum atomic E-state index is -1.03. The second kappa shape index (κ2) is 6.04. The lowest BCUT2D eigenvalue weighted by atomic mass is 10.1. The Hall–Kier alpha value is -2.05. The van der Waals surface area contributed by atoms with Gasteiger partial charge in [-0.25, -0.2) is 4.90 Å². The molecule has 4 rings (SSSR count). The highest BCUT2D eigenvalue weighted by molar-refractivity contribution is 6.45. The number of carbonyl (C=O) groups is 2. The third-order valence-electron chi connectivity index (χ3n) is 3.99. The molecule has 0 saturated carbocycles. The number of hydroxylamine groups is 1. The normalized spacial score (nSPS) is 19.5. The summed E-state index contributed by atoms with van der Waals surface area (Å²) in [5, 5.41) is 0.946. The SMILES string of the molecule is O=C1C2=C(c3ccc(Cl)cc3)NO[C@@H]2C(=O)N1c1cccc(Cl)c1Cl. The van der Waals surface area contributed by atoms with Gasteiger partial charge >= 0.3 is 0 Å². The molecule has 2 aromatic carbocycles. The Morgan fingerprint density at radius 3 is 2.44 bits per heavy atom. The first-order chi connectivity index (χ1) is 12.0. The summed E-state index contributed by atoms with van der Waals surface area (Å²) >= 11 is 18.1. The van der Waals surface area contributed by atoms with Gasteiger partial charge in [0.2, 0.25) is 0 Å². The van der Waals surface area contributed by atoms with Gasteiger partial charge in [0.05, 0.1) is 27.0 Å². The molecule has 0 spiro atoms. The summed E-state index contributed by atoms with van der Waals surface area (Å²) in [7, 11) is 0. The van der Waals surface area contributed by atoms with E-state index in [4.69, 9.17) is 39.6 Å². The minimum absolute atomic E-state index is 0.132. The molecule has 126 valence electrons. The van der Waals surface area contributed by atoms with Crippen molar-refractivity contribution in [3.8, 4) is 0 Å². The van der Waals surface area contributed by atoms with E-state index in [1.165, 1.54) is 0 Å². The Bertz CT molecular complexity index is 941. The highest BCUT2D eigenvalue weighted by atomic mass is 35.5. The molecular formula is C17H9Cl3N2O3. The van der Waals surface area contributed by atoms with E-state index in [1.807, 2.05) is 0 Å². The van der Waals surface area contributed by atoms with Gasteiger partial charge < -0.3 is 0 Å². The number of nitrogens with one attached hydrogen (secondary N) is 1. The lowest BCUT2D eigenvalue weighted by Crippen LogP contribution is -2.34. The molecule has 5 nitrogen and oxygen atoms in total. The van der Waals surface area contributed by atoms with Crippen LogP contribution in [0.25, 0.3) is 5.70 Å². The minimum Gasteiger partial charge on any atom is -0.270 e. The quantitative estimate of drug-likeness (QED) is 0.785. The van der Waals surface area contributed by atoms with E-state index in [-0.39, 0.29) is 21.3 Å². The maximum Gasteiger partial charge on any atom is 0.270 e. The first-order valence-electron chi connectivity index (χ1n) is 7.23. The van der Waals surface area contributed by atoms with Crippen LogP contribution in [0.4, 0.5) is 5.69 Å². The highest BCUT2D eigenvalue weighted by Gasteiger charge is 2.51. The summed E-state index contributed by atoms with van der Waals surface area (Å²) in [6, 6.07) is 11.6. The molecule has 0 radical (unpaired) electrons. The number of hydrogen-bond acceptors (Lipinski definition) is 4. The predicted molar refractivity (Wildman–Crippen MR) is 95.3 cm³/mol. The number of imide groups is 1. The van der Waals surface area contributed by atoms with Crippen molar-refractivity contribution in [3.05, 3.63) is 68.7 Å². The van der Waals surface area contributed by atoms with Gasteiger partial charge in [0.25, 0.3) is 11.8 Å². The summed E-state index contributed by atoms with van der Waals surface area (Å²) in [5.74, 6) is -1.03. The molecule has 2 aliphatic heterocycles. The van der Waals surface area contributed by atoms with E-state index < -0.39 is 17.9 Å². The van der Waals surface area contributed by atoms with Crippen LogP contribution in [0.5, 0.6) is 0 Å². The molecule has 8 heteroatoms. The van der Waals surface area contributed by atoms with Crippen LogP contribution in [-0.2, 0) is 14.4 Å². The average Bonchev–Trinajstić information content (AvgIpc) is 3.13. The van der Waals surface area contributed by atoms with Crippen LogP contribution < -0.4 is 10.4 Å². The zero-order valence-electron chi connectivity index (χ0n) is 12.4. The first kappa shape index (κ1) is 16.4. The molecule has 1 N–H and O–H groups in total. The Kier molecular flexibility index (Phi) is 3.96. The summed E-state index contributed by atoms with van der Waals surface area (Å²) in [4.78, 5) is 31.9. The largest absolute Gasteiger partial charge is 0.270 e. The van der Waals surface area contributed by atoms with Gasteiger partial charge in [-0.1, -0.05) is 53.0 Å². The number of anilines is 1. The van der Waals surface area contributed by atoms with E-state index in [2.05, 4.69) is 5.48 Å². The number of rotatable bonds is 2. The van der Waals surface area contributed by atoms with Crippen LogP contribution in [-0.4, -0.2) is 17.9 Å². The molecule has 2 heterocycles. The standard InChI is InChI=1S/C17H9Cl3N2O3/c18-9-6-4-8(5-7-9)14-12-15(25-21-14)17(24)22(16(12)23)11-3-1-2-10(19)13(11)20/h1-7,15,21H/t15-/m0/s1. The number of carbonyl (C=O) groups excluding carboxylic acids is 2. The van der Waals surface area contributed by atoms with Crippen LogP contribution in [0.2, 0.25) is 15.1 Å². The number of hydrogen-bond donors (Lipinski definition) is 1. The molecule has 1 fully saturated rings. The molecule has 0 aliphatic carbocycles. The molecular weight excluding hydrogens is 387 g/mol. The summed E-state index contributed by atoms with van der Waals surface area (Å²) in [5.41, 5.74) is 4.23. The maximum absolute atomic E-state index is 12.9. The first-order valence-corrected chi connectivity index (χ1v) is 8.36. The van der Waals surface area contributed by atoms with E-state index >= 15 is 0 Å². The lowest BCUT2D eigenvalue weighted by molar-refractivity contribution is -0.127. The van der Waals surface area contributed by atoms with Gasteiger partial charge in [-0.05, 0) is 24.3 Å². The summed E-state index contributed by atoms with van der Waals surface area (Å²) < 4.78 is 0. The van der Waals surface area contributed by atoms with Crippen molar-refractivity contribution in [1.82, 2.24) is 5.48 Å². The summed E-state index contributed by atoms with van der Waals surface area (Å²) in [6.45, 7) is 0. The molecule has 1 saturated heterocycles. The van der Waals surface area contributed by atoms with Crippen LogP contribution in [0, 0.1) is 0 Å². The Morgan fingerprint density at radius 2 is 1.72 bits per heavy atom. The van der Waals surface area contributed by atoms with Crippen molar-refractivity contribution < 1.29 is 14.4 Å². The van der Waals surface area contributed by atoms with Crippen molar-refractivity contribution in [3.63, 3.8) is 0 Å². The Labute approximate surface area is 157 Å². The van der Waals surface area contributed by atoms with Crippen molar-refractivity contribution >= 4 is 58.0 Å². The molecule has 2 aromatic rings. The fourth-order valence-corrected chi connectivity index (χ4v) is 3.32. The zero-order valence-corrected chi connectivity index (χ0v) is 14.7. The predicted octanol–water partition coefficient (Wildman–Crippen LogP) is 3.83. The van der Waals surface area contributed by atoms with Crippen LogP contribution in [0.15, 0.2) is 48.0 Å². The molecule has 0 aromatic heterocycles. The number of amides is 2. The van der Waals surface area contributed by atoms with E-state index in [0.29, 0.717) is 16.3 Å². The molecule has 1 atom stereocenters. The number of nitrogens with zero attached hydrogens (tertiary/aromatic N) is 1. The van der Waals surface area contributed by atoms with E-state index in [0.717, 1.165) is 4.90 Å². The lowest BCUT2D eigenvalue weighted by Gasteiger charge is -2.17. The highest BCUT2D eigenvalue weighted by Crippen LogP contribution is 2.40. The average molecular weight is 396 g/mol. The monoisotopic (exact) mass is 394 g/mol. The number of benzene rings is 2. The molecule has 0 unspecified atom stereocenters. The third-order valence-corrected chi connectivity index (χ3v) is 5.05. The van der Waals surface area contributed by atoms with Gasteiger partial charge in [0.1, 0.15) is 0 Å². The molecule has 0 bridgehead atoms.